The van der Waals surface area contributed by atoms with E-state index in [9.17, 15) is 4.79 Å². The van der Waals surface area contributed by atoms with Gasteiger partial charge in [-0.3, -0.25) is 4.79 Å². The maximum atomic E-state index is 11.3. The number of para-hydroxylation sites is 1. The molecule has 3 rings (SSSR count). The molecule has 0 fully saturated rings. The molecule has 98 valence electrons. The van der Waals surface area contributed by atoms with Gasteiger partial charge in [-0.1, -0.05) is 18.2 Å². The van der Waals surface area contributed by atoms with Crippen molar-refractivity contribution in [1.29, 1.82) is 0 Å². The van der Waals surface area contributed by atoms with Crippen molar-refractivity contribution in [1.82, 2.24) is 9.97 Å². The Hall–Kier alpha value is -2.95. The predicted octanol–water partition coefficient (Wildman–Crippen LogP) is 2.47. The average molecular weight is 264 g/mol. The van der Waals surface area contributed by atoms with Gasteiger partial charge in [0.2, 0.25) is 5.91 Å². The summed E-state index contributed by atoms with van der Waals surface area (Å²) in [5.74, 6) is 0.172. The lowest BCUT2D eigenvalue weighted by atomic mass is 10.1. The van der Waals surface area contributed by atoms with Crippen LogP contribution in [0.3, 0.4) is 0 Å². The first-order valence-electron chi connectivity index (χ1n) is 6.11. The molecule has 3 N–H and O–H groups in total. The number of rotatable bonds is 3. The SMILES string of the molecule is NC(=O)c1ccc2ncnc(Nc3ccccc3)c2c1. The van der Waals surface area contributed by atoms with E-state index in [1.807, 2.05) is 30.3 Å². The fourth-order valence-corrected chi connectivity index (χ4v) is 1.97. The first-order valence-corrected chi connectivity index (χ1v) is 6.11. The molecule has 0 aliphatic heterocycles. The molecular weight excluding hydrogens is 252 g/mol. The summed E-state index contributed by atoms with van der Waals surface area (Å²) in [5, 5.41) is 3.97. The number of nitrogens with zero attached hydrogens (tertiary/aromatic N) is 2. The standard InChI is InChI=1S/C15H12N4O/c16-14(20)10-6-7-13-12(8-10)15(18-9-17-13)19-11-4-2-1-3-5-11/h1-9H,(H2,16,20)(H,17,18,19). The largest absolute Gasteiger partial charge is 0.366 e. The Balaban J connectivity index is 2.10. The molecule has 20 heavy (non-hydrogen) atoms. The molecule has 2 aromatic carbocycles. The summed E-state index contributed by atoms with van der Waals surface area (Å²) in [6.45, 7) is 0. The van der Waals surface area contributed by atoms with Crippen LogP contribution in [0.5, 0.6) is 0 Å². The van der Waals surface area contributed by atoms with Crippen molar-refractivity contribution >= 4 is 28.3 Å². The Labute approximate surface area is 115 Å². The summed E-state index contributed by atoms with van der Waals surface area (Å²) in [6.07, 6.45) is 1.48. The summed E-state index contributed by atoms with van der Waals surface area (Å²) < 4.78 is 0. The Bertz CT molecular complexity index is 771. The maximum Gasteiger partial charge on any atom is 0.248 e. The molecule has 1 aromatic heterocycles. The smallest absolute Gasteiger partial charge is 0.248 e. The number of nitrogens with one attached hydrogen (secondary N) is 1. The molecule has 5 heteroatoms. The quantitative estimate of drug-likeness (QED) is 0.761. The zero-order valence-electron chi connectivity index (χ0n) is 10.6. The predicted molar refractivity (Wildman–Crippen MR) is 77.8 cm³/mol. The number of carbonyl (C=O) groups is 1. The number of aromatic nitrogens is 2. The minimum atomic E-state index is -0.471. The number of carbonyl (C=O) groups excluding carboxylic acids is 1. The van der Waals surface area contributed by atoms with Gasteiger partial charge < -0.3 is 11.1 Å². The Morgan fingerprint density at radius 3 is 2.60 bits per heavy atom. The summed E-state index contributed by atoms with van der Waals surface area (Å²) in [6, 6.07) is 14.8. The second kappa shape index (κ2) is 4.97. The third-order valence-electron chi connectivity index (χ3n) is 2.96. The van der Waals surface area contributed by atoms with Crippen molar-refractivity contribution in [3.63, 3.8) is 0 Å². The van der Waals surface area contributed by atoms with Gasteiger partial charge in [0.1, 0.15) is 12.1 Å². The second-order valence-electron chi connectivity index (χ2n) is 4.31. The summed E-state index contributed by atoms with van der Waals surface area (Å²) in [4.78, 5) is 19.7. The molecule has 0 unspecified atom stereocenters. The van der Waals surface area contributed by atoms with Crippen LogP contribution < -0.4 is 11.1 Å². The van der Waals surface area contributed by atoms with Crippen molar-refractivity contribution in [2.75, 3.05) is 5.32 Å². The highest BCUT2D eigenvalue weighted by atomic mass is 16.1. The number of primary amides is 1. The first kappa shape index (κ1) is 12.1. The molecule has 0 bridgehead atoms. The van der Waals surface area contributed by atoms with Crippen LogP contribution in [0.15, 0.2) is 54.9 Å². The van der Waals surface area contributed by atoms with Crippen LogP contribution in [0.1, 0.15) is 10.4 Å². The highest BCUT2D eigenvalue weighted by molar-refractivity contribution is 5.99. The third kappa shape index (κ3) is 2.29. The fraction of sp³-hybridized carbons (Fsp3) is 0. The number of nitrogens with two attached hydrogens (primary N) is 1. The van der Waals surface area contributed by atoms with Gasteiger partial charge in [-0.15, -0.1) is 0 Å². The van der Waals surface area contributed by atoms with Gasteiger partial charge in [-0.2, -0.15) is 0 Å². The summed E-state index contributed by atoms with van der Waals surface area (Å²) in [7, 11) is 0. The molecule has 1 heterocycles. The Morgan fingerprint density at radius 2 is 1.85 bits per heavy atom. The lowest BCUT2D eigenvalue weighted by Gasteiger charge is -2.08. The molecule has 0 saturated carbocycles. The molecule has 0 atom stereocenters. The van der Waals surface area contributed by atoms with Crippen LogP contribution >= 0.6 is 0 Å². The van der Waals surface area contributed by atoms with Crippen LogP contribution in [0, 0.1) is 0 Å². The van der Waals surface area contributed by atoms with Crippen molar-refractivity contribution in [3.8, 4) is 0 Å². The number of benzene rings is 2. The minimum absolute atomic E-state index is 0.434. The van der Waals surface area contributed by atoms with Crippen molar-refractivity contribution < 1.29 is 4.79 Å². The number of anilines is 2. The molecule has 3 aromatic rings. The highest BCUT2D eigenvalue weighted by Crippen LogP contribution is 2.23. The van der Waals surface area contributed by atoms with E-state index in [0.29, 0.717) is 11.4 Å². The van der Waals surface area contributed by atoms with Crippen LogP contribution in [-0.4, -0.2) is 15.9 Å². The van der Waals surface area contributed by atoms with Crippen LogP contribution in [0.25, 0.3) is 10.9 Å². The average Bonchev–Trinajstić information content (AvgIpc) is 2.48. The van der Waals surface area contributed by atoms with Gasteiger partial charge in [-0.05, 0) is 30.3 Å². The molecule has 0 aliphatic carbocycles. The van der Waals surface area contributed by atoms with E-state index in [4.69, 9.17) is 5.73 Å². The van der Waals surface area contributed by atoms with E-state index in [0.717, 1.165) is 16.6 Å². The molecule has 5 nitrogen and oxygen atoms in total. The number of hydrogen-bond acceptors (Lipinski definition) is 4. The van der Waals surface area contributed by atoms with E-state index in [2.05, 4.69) is 15.3 Å². The first-order chi connectivity index (χ1) is 9.74. The van der Waals surface area contributed by atoms with E-state index >= 15 is 0 Å². The zero-order chi connectivity index (χ0) is 13.9. The van der Waals surface area contributed by atoms with E-state index in [1.165, 1.54) is 6.33 Å². The lowest BCUT2D eigenvalue weighted by molar-refractivity contribution is 0.100. The molecule has 0 aliphatic rings. The summed E-state index contributed by atoms with van der Waals surface area (Å²) >= 11 is 0. The van der Waals surface area contributed by atoms with Gasteiger partial charge in [0.25, 0.3) is 0 Å². The Kier molecular flexibility index (Phi) is 3.01. The van der Waals surface area contributed by atoms with Crippen molar-refractivity contribution in [3.05, 3.63) is 60.4 Å². The van der Waals surface area contributed by atoms with Crippen LogP contribution in [0.2, 0.25) is 0 Å². The minimum Gasteiger partial charge on any atom is -0.366 e. The molecular formula is C15H12N4O. The molecule has 0 saturated heterocycles. The van der Waals surface area contributed by atoms with E-state index in [1.54, 1.807) is 18.2 Å². The highest BCUT2D eigenvalue weighted by Gasteiger charge is 2.07. The van der Waals surface area contributed by atoms with Crippen molar-refractivity contribution in [2.24, 2.45) is 5.73 Å². The normalized spacial score (nSPS) is 10.4. The van der Waals surface area contributed by atoms with Gasteiger partial charge >= 0.3 is 0 Å². The Morgan fingerprint density at radius 1 is 1.05 bits per heavy atom. The second-order valence-corrected chi connectivity index (χ2v) is 4.31. The van der Waals surface area contributed by atoms with Crippen LogP contribution in [0.4, 0.5) is 11.5 Å². The van der Waals surface area contributed by atoms with E-state index in [-0.39, 0.29) is 0 Å². The van der Waals surface area contributed by atoms with Crippen LogP contribution in [-0.2, 0) is 0 Å². The number of amides is 1. The van der Waals surface area contributed by atoms with Gasteiger partial charge in [0.15, 0.2) is 0 Å². The monoisotopic (exact) mass is 264 g/mol. The zero-order valence-corrected chi connectivity index (χ0v) is 10.6. The van der Waals surface area contributed by atoms with Crippen molar-refractivity contribution in [2.45, 2.75) is 0 Å². The third-order valence-corrected chi connectivity index (χ3v) is 2.96. The molecule has 1 amide bonds. The summed E-state index contributed by atoms with van der Waals surface area (Å²) in [5.41, 5.74) is 7.41. The fourth-order valence-electron chi connectivity index (χ4n) is 1.97. The van der Waals surface area contributed by atoms with Gasteiger partial charge in [0.05, 0.1) is 5.52 Å². The van der Waals surface area contributed by atoms with Gasteiger partial charge in [0, 0.05) is 16.6 Å². The maximum absolute atomic E-state index is 11.3. The topological polar surface area (TPSA) is 80.9 Å². The lowest BCUT2D eigenvalue weighted by Crippen LogP contribution is -2.10. The number of hydrogen-bond donors (Lipinski definition) is 2. The molecule has 0 spiro atoms. The molecule has 0 radical (unpaired) electrons. The van der Waals surface area contributed by atoms with E-state index < -0.39 is 5.91 Å². The van der Waals surface area contributed by atoms with Gasteiger partial charge in [-0.25, -0.2) is 9.97 Å². The number of fused-ring (bicyclic) bond motifs is 1.